The molecule has 1 aliphatic heterocycles. The van der Waals surface area contributed by atoms with E-state index in [1.807, 2.05) is 30.3 Å². The fraction of sp³-hybridized carbons (Fsp3) is 0.267. The summed E-state index contributed by atoms with van der Waals surface area (Å²) in [6.45, 7) is -0.0671. The van der Waals surface area contributed by atoms with E-state index in [0.717, 1.165) is 5.56 Å². The largest absolute Gasteiger partial charge is 0.497 e. The Hall–Kier alpha value is -4.73. The molecule has 0 radical (unpaired) electrons. The molecular weight excluding hydrogens is 515 g/mol. The third-order valence-electron chi connectivity index (χ3n) is 6.74. The number of benzene rings is 3. The van der Waals surface area contributed by atoms with Crippen LogP contribution in [0.25, 0.3) is 0 Å². The quantitative estimate of drug-likeness (QED) is 0.445. The van der Waals surface area contributed by atoms with Crippen LogP contribution >= 0.6 is 0 Å². The number of halogens is 1. The number of nitrogens with one attached hydrogen (secondary N) is 1. The molecule has 9 nitrogen and oxygen atoms in total. The van der Waals surface area contributed by atoms with Crippen molar-refractivity contribution in [3.8, 4) is 5.75 Å². The SMILES string of the molecule is COc1ccc(N(C)C(=O)[C@H](Cc2ccccc2)NC(=O)CN2CCN(C(=O)c3ccc(F)cc3)CC2=O)cc1. The maximum absolute atomic E-state index is 13.5. The number of nitrogens with zero attached hydrogens (tertiary/aromatic N) is 3. The molecule has 208 valence electrons. The molecule has 4 rings (SSSR count). The molecule has 1 atom stereocenters. The highest BCUT2D eigenvalue weighted by Crippen LogP contribution is 2.19. The van der Waals surface area contributed by atoms with Crippen molar-refractivity contribution in [2.24, 2.45) is 0 Å². The number of amides is 4. The predicted octanol–water partition coefficient (Wildman–Crippen LogP) is 2.51. The predicted molar refractivity (Wildman–Crippen MR) is 147 cm³/mol. The lowest BCUT2D eigenvalue weighted by molar-refractivity contribution is -0.139. The lowest BCUT2D eigenvalue weighted by Gasteiger charge is -2.34. The molecule has 3 aromatic rings. The van der Waals surface area contributed by atoms with Gasteiger partial charge in [-0.3, -0.25) is 19.2 Å². The van der Waals surface area contributed by atoms with Gasteiger partial charge in [-0.1, -0.05) is 30.3 Å². The molecule has 0 aliphatic carbocycles. The summed E-state index contributed by atoms with van der Waals surface area (Å²) in [4.78, 5) is 56.3. The first-order valence-corrected chi connectivity index (χ1v) is 12.8. The third-order valence-corrected chi connectivity index (χ3v) is 6.74. The van der Waals surface area contributed by atoms with Gasteiger partial charge in [0.15, 0.2) is 0 Å². The summed E-state index contributed by atoms with van der Waals surface area (Å²) in [5, 5.41) is 2.81. The minimum atomic E-state index is -0.876. The number of hydrogen-bond acceptors (Lipinski definition) is 5. The van der Waals surface area contributed by atoms with Gasteiger partial charge in [0.2, 0.25) is 17.7 Å². The van der Waals surface area contributed by atoms with Crippen molar-refractivity contribution in [2.45, 2.75) is 12.5 Å². The Morgan fingerprint density at radius 1 is 0.975 bits per heavy atom. The summed E-state index contributed by atoms with van der Waals surface area (Å²) in [5.74, 6) is -1.37. The number of likely N-dealkylation sites (N-methyl/N-ethyl adjacent to an activating group) is 1. The van der Waals surface area contributed by atoms with Gasteiger partial charge < -0.3 is 24.8 Å². The van der Waals surface area contributed by atoms with E-state index in [-0.39, 0.29) is 50.0 Å². The Morgan fingerprint density at radius 2 is 1.65 bits per heavy atom. The van der Waals surface area contributed by atoms with Crippen LogP contribution in [-0.4, -0.2) is 79.8 Å². The first-order chi connectivity index (χ1) is 19.2. The van der Waals surface area contributed by atoms with E-state index in [1.54, 1.807) is 38.4 Å². The molecule has 1 aliphatic rings. The number of ether oxygens (including phenoxy) is 1. The second-order valence-corrected chi connectivity index (χ2v) is 9.45. The maximum Gasteiger partial charge on any atom is 0.254 e. The molecule has 0 aromatic heterocycles. The zero-order valence-corrected chi connectivity index (χ0v) is 22.4. The number of carbonyl (C=O) groups excluding carboxylic acids is 4. The van der Waals surface area contributed by atoms with E-state index >= 15 is 0 Å². The summed E-state index contributed by atoms with van der Waals surface area (Å²) in [6.07, 6.45) is 0.264. The molecule has 1 fully saturated rings. The van der Waals surface area contributed by atoms with Crippen LogP contribution in [-0.2, 0) is 20.8 Å². The molecule has 0 spiro atoms. The monoisotopic (exact) mass is 546 g/mol. The van der Waals surface area contributed by atoms with Crippen LogP contribution in [0.3, 0.4) is 0 Å². The average Bonchev–Trinajstić information content (AvgIpc) is 2.97. The smallest absolute Gasteiger partial charge is 0.254 e. The molecular formula is C30H31FN4O5. The summed E-state index contributed by atoms with van der Waals surface area (Å²) in [5.41, 5.74) is 1.78. The second-order valence-electron chi connectivity index (χ2n) is 9.45. The zero-order chi connectivity index (χ0) is 28.6. The Morgan fingerprint density at radius 3 is 2.27 bits per heavy atom. The Bertz CT molecular complexity index is 1350. The first-order valence-electron chi connectivity index (χ1n) is 12.8. The minimum Gasteiger partial charge on any atom is -0.497 e. The Balaban J connectivity index is 1.40. The van der Waals surface area contributed by atoms with Crippen molar-refractivity contribution in [3.05, 3.63) is 95.8 Å². The van der Waals surface area contributed by atoms with Crippen molar-refractivity contribution < 1.29 is 28.3 Å². The Labute approximate surface area is 232 Å². The van der Waals surface area contributed by atoms with Gasteiger partial charge in [-0.2, -0.15) is 0 Å². The summed E-state index contributed by atoms with van der Waals surface area (Å²) in [7, 11) is 3.19. The topological polar surface area (TPSA) is 99.3 Å². The highest BCUT2D eigenvalue weighted by Gasteiger charge is 2.31. The first kappa shape index (κ1) is 28.3. The van der Waals surface area contributed by atoms with Gasteiger partial charge in [0.1, 0.15) is 24.2 Å². The lowest BCUT2D eigenvalue weighted by Crippen LogP contribution is -2.56. The minimum absolute atomic E-state index is 0.155. The molecule has 4 amide bonds. The highest BCUT2D eigenvalue weighted by molar-refractivity contribution is 6.00. The van der Waals surface area contributed by atoms with Crippen molar-refractivity contribution in [2.75, 3.05) is 45.2 Å². The highest BCUT2D eigenvalue weighted by atomic mass is 19.1. The van der Waals surface area contributed by atoms with Gasteiger partial charge in [-0.05, 0) is 54.1 Å². The van der Waals surface area contributed by atoms with Crippen LogP contribution in [0.2, 0.25) is 0 Å². The second kappa shape index (κ2) is 12.9. The van der Waals surface area contributed by atoms with Crippen LogP contribution in [0.5, 0.6) is 5.75 Å². The van der Waals surface area contributed by atoms with Gasteiger partial charge in [-0.25, -0.2) is 4.39 Å². The van der Waals surface area contributed by atoms with Crippen molar-refractivity contribution in [3.63, 3.8) is 0 Å². The van der Waals surface area contributed by atoms with E-state index in [2.05, 4.69) is 5.32 Å². The molecule has 40 heavy (non-hydrogen) atoms. The number of piperazine rings is 1. The zero-order valence-electron chi connectivity index (χ0n) is 22.4. The molecule has 1 N–H and O–H groups in total. The normalized spacial score (nSPS) is 13.9. The van der Waals surface area contributed by atoms with Gasteiger partial charge >= 0.3 is 0 Å². The van der Waals surface area contributed by atoms with Crippen molar-refractivity contribution >= 4 is 29.3 Å². The van der Waals surface area contributed by atoms with E-state index in [9.17, 15) is 23.6 Å². The van der Waals surface area contributed by atoms with Crippen LogP contribution in [0, 0.1) is 5.82 Å². The molecule has 0 saturated carbocycles. The number of carbonyl (C=O) groups is 4. The Kier molecular flexibility index (Phi) is 9.11. The van der Waals surface area contributed by atoms with E-state index in [0.29, 0.717) is 11.4 Å². The molecule has 3 aromatic carbocycles. The molecule has 0 unspecified atom stereocenters. The summed E-state index contributed by atoms with van der Waals surface area (Å²) >= 11 is 0. The number of hydrogen-bond donors (Lipinski definition) is 1. The third kappa shape index (κ3) is 7.02. The molecule has 1 saturated heterocycles. The van der Waals surface area contributed by atoms with Gasteiger partial charge in [0.25, 0.3) is 5.91 Å². The number of anilines is 1. The standard InChI is InChI=1S/C30H31FN4O5/c1-33(24-12-14-25(40-2)15-13-24)30(39)26(18-21-6-4-3-5-7-21)32-27(36)19-34-16-17-35(20-28(34)37)29(38)22-8-10-23(31)11-9-22/h3-15,26H,16-20H2,1-2H3,(H,32,36)/t26-/m0/s1. The number of methoxy groups -OCH3 is 1. The lowest BCUT2D eigenvalue weighted by atomic mass is 10.0. The van der Waals surface area contributed by atoms with Gasteiger partial charge in [0.05, 0.1) is 13.7 Å². The van der Waals surface area contributed by atoms with Crippen LogP contribution in [0.1, 0.15) is 15.9 Å². The van der Waals surface area contributed by atoms with Crippen molar-refractivity contribution in [1.82, 2.24) is 15.1 Å². The van der Waals surface area contributed by atoms with E-state index in [1.165, 1.54) is 39.0 Å². The van der Waals surface area contributed by atoms with Gasteiger partial charge in [-0.15, -0.1) is 0 Å². The fourth-order valence-corrected chi connectivity index (χ4v) is 4.45. The molecule has 0 bridgehead atoms. The van der Waals surface area contributed by atoms with Crippen molar-refractivity contribution in [1.29, 1.82) is 0 Å². The van der Waals surface area contributed by atoms with E-state index < -0.39 is 23.7 Å². The van der Waals surface area contributed by atoms with Gasteiger partial charge in [0, 0.05) is 37.8 Å². The molecule has 10 heteroatoms. The number of rotatable bonds is 9. The summed E-state index contributed by atoms with van der Waals surface area (Å²) < 4.78 is 18.4. The molecule has 1 heterocycles. The van der Waals surface area contributed by atoms with Crippen LogP contribution in [0.4, 0.5) is 10.1 Å². The van der Waals surface area contributed by atoms with Crippen LogP contribution in [0.15, 0.2) is 78.9 Å². The average molecular weight is 547 g/mol. The summed E-state index contributed by atoms with van der Waals surface area (Å²) in [6, 6.07) is 20.6. The van der Waals surface area contributed by atoms with Crippen LogP contribution < -0.4 is 15.0 Å². The van der Waals surface area contributed by atoms with E-state index in [4.69, 9.17) is 4.74 Å². The maximum atomic E-state index is 13.5. The fourth-order valence-electron chi connectivity index (χ4n) is 4.45.